The van der Waals surface area contributed by atoms with Gasteiger partial charge in [-0.05, 0) is 49.1 Å². The average Bonchev–Trinajstić information content (AvgIpc) is 2.95. The molecule has 1 atom stereocenters. The predicted octanol–water partition coefficient (Wildman–Crippen LogP) is 6.82. The van der Waals surface area contributed by atoms with Gasteiger partial charge in [0.05, 0.1) is 17.6 Å². The van der Waals surface area contributed by atoms with E-state index < -0.39 is 23.0 Å². The molecule has 1 aromatic heterocycles. The van der Waals surface area contributed by atoms with E-state index in [1.807, 2.05) is 74.5 Å². The number of rotatable bonds is 8. The quantitative estimate of drug-likeness (QED) is 0.111. The minimum absolute atomic E-state index is 0.0102. The number of fused-ring (bicyclic) bond motifs is 3. The SMILES string of the molecule is CC(COC(=O)/C=C/c1ccccc1)CC(=O)c1c(O)c2c(c3c(-c4ccccc4)cc(=O)oc13)OC(C)(C)C=C2. The van der Waals surface area contributed by atoms with Gasteiger partial charge in [0, 0.05) is 24.1 Å². The number of phenols is 1. The van der Waals surface area contributed by atoms with Gasteiger partial charge in [-0.25, -0.2) is 9.59 Å². The number of esters is 1. The van der Waals surface area contributed by atoms with E-state index >= 15 is 0 Å². The molecule has 0 radical (unpaired) electrons. The van der Waals surface area contributed by atoms with Gasteiger partial charge in [0.15, 0.2) is 11.4 Å². The zero-order chi connectivity index (χ0) is 29.1. The van der Waals surface area contributed by atoms with Gasteiger partial charge in [0.1, 0.15) is 22.7 Å². The summed E-state index contributed by atoms with van der Waals surface area (Å²) in [5.74, 6) is -1.36. The Labute approximate surface area is 237 Å². The molecule has 5 rings (SSSR count). The van der Waals surface area contributed by atoms with E-state index in [-0.39, 0.29) is 35.8 Å². The summed E-state index contributed by atoms with van der Waals surface area (Å²) in [6.45, 7) is 5.49. The molecule has 208 valence electrons. The highest BCUT2D eigenvalue weighted by Gasteiger charge is 2.33. The molecule has 1 aliphatic rings. The van der Waals surface area contributed by atoms with Crippen LogP contribution in [0.5, 0.6) is 11.5 Å². The molecule has 0 bridgehead atoms. The molecule has 3 aromatic carbocycles. The second kappa shape index (κ2) is 11.3. The highest BCUT2D eigenvalue weighted by Crippen LogP contribution is 2.48. The lowest BCUT2D eigenvalue weighted by molar-refractivity contribution is -0.138. The van der Waals surface area contributed by atoms with Crippen molar-refractivity contribution in [2.75, 3.05) is 6.61 Å². The second-order valence-electron chi connectivity index (χ2n) is 10.7. The van der Waals surface area contributed by atoms with Gasteiger partial charge in [0.2, 0.25) is 0 Å². The number of ether oxygens (including phenoxy) is 2. The molecule has 0 fully saturated rings. The Hall–Kier alpha value is -4.91. The van der Waals surface area contributed by atoms with Crippen LogP contribution in [-0.2, 0) is 9.53 Å². The van der Waals surface area contributed by atoms with Crippen LogP contribution in [0.4, 0.5) is 0 Å². The number of Topliss-reactive ketones (excluding diaryl/α,β-unsaturated/α-hetero) is 1. The molecule has 7 nitrogen and oxygen atoms in total. The Kier molecular flexibility index (Phi) is 7.62. The van der Waals surface area contributed by atoms with Crippen LogP contribution in [0, 0.1) is 5.92 Å². The predicted molar refractivity (Wildman–Crippen MR) is 158 cm³/mol. The summed E-state index contributed by atoms with van der Waals surface area (Å²) < 4.78 is 17.2. The molecule has 1 aliphatic heterocycles. The monoisotopic (exact) mass is 550 g/mol. The van der Waals surface area contributed by atoms with Crippen molar-refractivity contribution in [2.45, 2.75) is 32.8 Å². The highest BCUT2D eigenvalue weighted by molar-refractivity contribution is 6.15. The molecule has 0 aliphatic carbocycles. The Morgan fingerprint density at radius 2 is 1.73 bits per heavy atom. The van der Waals surface area contributed by atoms with Crippen LogP contribution in [0.1, 0.15) is 48.7 Å². The fraction of sp³-hybridized carbons (Fsp3) is 0.206. The summed E-state index contributed by atoms with van der Waals surface area (Å²) >= 11 is 0. The average molecular weight is 551 g/mol. The van der Waals surface area contributed by atoms with Crippen molar-refractivity contribution >= 4 is 34.9 Å². The topological polar surface area (TPSA) is 103 Å². The first kappa shape index (κ1) is 27.6. The number of benzene rings is 3. The van der Waals surface area contributed by atoms with Crippen LogP contribution < -0.4 is 10.4 Å². The van der Waals surface area contributed by atoms with Crippen molar-refractivity contribution in [3.8, 4) is 22.6 Å². The van der Waals surface area contributed by atoms with E-state index in [0.29, 0.717) is 22.3 Å². The van der Waals surface area contributed by atoms with Crippen LogP contribution in [-0.4, -0.2) is 29.1 Å². The molecule has 0 spiro atoms. The fourth-order valence-corrected chi connectivity index (χ4v) is 4.80. The molecule has 7 heteroatoms. The van der Waals surface area contributed by atoms with Gasteiger partial charge in [-0.15, -0.1) is 0 Å². The van der Waals surface area contributed by atoms with E-state index in [1.165, 1.54) is 12.1 Å². The standard InChI is InChI=1S/C34H30O7/c1-21(20-39-27(36)15-14-22-10-6-4-7-11-22)18-26(35)30-31(38)24-16-17-34(2,3)41-32(24)29-25(19-28(37)40-33(29)30)23-12-8-5-9-13-23/h4-17,19,21,38H,18,20H2,1-3H3/b15-14+. The largest absolute Gasteiger partial charge is 0.506 e. The summed E-state index contributed by atoms with van der Waals surface area (Å²) in [5.41, 5.74) is 0.938. The second-order valence-corrected chi connectivity index (χ2v) is 10.7. The Balaban J connectivity index is 1.49. The smallest absolute Gasteiger partial charge is 0.336 e. The van der Waals surface area contributed by atoms with Crippen molar-refractivity contribution in [1.82, 2.24) is 0 Å². The summed E-state index contributed by atoms with van der Waals surface area (Å²) in [4.78, 5) is 38.6. The minimum Gasteiger partial charge on any atom is -0.506 e. The summed E-state index contributed by atoms with van der Waals surface area (Å²) in [7, 11) is 0. The Bertz CT molecular complexity index is 1730. The Morgan fingerprint density at radius 1 is 1.05 bits per heavy atom. The normalized spacial score (nSPS) is 14.4. The minimum atomic E-state index is -0.699. The molecule has 41 heavy (non-hydrogen) atoms. The van der Waals surface area contributed by atoms with Gasteiger partial charge in [-0.1, -0.05) is 67.6 Å². The molecule has 0 saturated carbocycles. The van der Waals surface area contributed by atoms with Crippen molar-refractivity contribution in [1.29, 1.82) is 0 Å². The third-order valence-electron chi connectivity index (χ3n) is 6.79. The van der Waals surface area contributed by atoms with Crippen LogP contribution in [0.2, 0.25) is 0 Å². The first-order valence-electron chi connectivity index (χ1n) is 13.4. The molecule has 0 saturated heterocycles. The van der Waals surface area contributed by atoms with E-state index in [1.54, 1.807) is 25.2 Å². The van der Waals surface area contributed by atoms with Gasteiger partial charge in [-0.3, -0.25) is 4.79 Å². The number of carbonyl (C=O) groups excluding carboxylic acids is 2. The number of carbonyl (C=O) groups is 2. The van der Waals surface area contributed by atoms with Crippen molar-refractivity contribution in [3.63, 3.8) is 0 Å². The van der Waals surface area contributed by atoms with Crippen LogP contribution in [0.3, 0.4) is 0 Å². The third kappa shape index (κ3) is 5.99. The fourth-order valence-electron chi connectivity index (χ4n) is 4.80. The molecular weight excluding hydrogens is 520 g/mol. The number of ketones is 1. The molecule has 0 amide bonds. The molecular formula is C34H30O7. The van der Waals surface area contributed by atoms with Crippen LogP contribution in [0.25, 0.3) is 34.2 Å². The number of hydrogen-bond acceptors (Lipinski definition) is 7. The molecule has 4 aromatic rings. The molecule has 2 heterocycles. The van der Waals surface area contributed by atoms with Gasteiger partial charge >= 0.3 is 11.6 Å². The molecule has 1 unspecified atom stereocenters. The summed E-state index contributed by atoms with van der Waals surface area (Å²) in [5, 5.41) is 11.8. The lowest BCUT2D eigenvalue weighted by atomic mass is 9.90. The third-order valence-corrected chi connectivity index (χ3v) is 6.79. The van der Waals surface area contributed by atoms with E-state index in [2.05, 4.69) is 0 Å². The van der Waals surface area contributed by atoms with Crippen molar-refractivity contribution < 1.29 is 28.6 Å². The van der Waals surface area contributed by atoms with Crippen LogP contribution in [0.15, 0.2) is 88.1 Å². The Morgan fingerprint density at radius 3 is 2.44 bits per heavy atom. The lowest BCUT2D eigenvalue weighted by Crippen LogP contribution is -2.28. The van der Waals surface area contributed by atoms with Gasteiger partial charge in [0.25, 0.3) is 0 Å². The van der Waals surface area contributed by atoms with Crippen LogP contribution >= 0.6 is 0 Å². The first-order valence-corrected chi connectivity index (χ1v) is 13.4. The highest BCUT2D eigenvalue weighted by atomic mass is 16.5. The maximum Gasteiger partial charge on any atom is 0.336 e. The van der Waals surface area contributed by atoms with Crippen molar-refractivity contribution in [2.24, 2.45) is 5.92 Å². The maximum absolute atomic E-state index is 13.7. The molecule has 1 N–H and O–H groups in total. The van der Waals surface area contributed by atoms with E-state index in [9.17, 15) is 19.5 Å². The van der Waals surface area contributed by atoms with Gasteiger partial charge in [-0.2, -0.15) is 0 Å². The number of hydrogen-bond donors (Lipinski definition) is 1. The first-order chi connectivity index (χ1) is 19.6. The summed E-state index contributed by atoms with van der Waals surface area (Å²) in [6.07, 6.45) is 6.43. The zero-order valence-electron chi connectivity index (χ0n) is 23.0. The van der Waals surface area contributed by atoms with E-state index in [4.69, 9.17) is 13.9 Å². The van der Waals surface area contributed by atoms with Crippen molar-refractivity contribution in [3.05, 3.63) is 106 Å². The maximum atomic E-state index is 13.7. The number of phenolic OH excluding ortho intramolecular Hbond substituents is 1. The van der Waals surface area contributed by atoms with Gasteiger partial charge < -0.3 is 19.0 Å². The number of aromatic hydroxyl groups is 1. The van der Waals surface area contributed by atoms with E-state index in [0.717, 1.165) is 11.1 Å². The lowest BCUT2D eigenvalue weighted by Gasteiger charge is -2.30. The zero-order valence-corrected chi connectivity index (χ0v) is 23.0. The summed E-state index contributed by atoms with van der Waals surface area (Å²) in [6, 6.07) is 20.0.